The number of carboxylic acids is 1. The molecule has 0 saturated carbocycles. The molecule has 1 unspecified atom stereocenters. The van der Waals surface area contributed by atoms with E-state index < -0.39 is 22.7 Å². The molecule has 18 heavy (non-hydrogen) atoms. The average Bonchev–Trinajstić information content (AvgIpc) is 2.24. The Morgan fingerprint density at radius 3 is 2.33 bits per heavy atom. The van der Waals surface area contributed by atoms with Crippen LogP contribution in [0, 0.1) is 6.92 Å². The minimum atomic E-state index is -1.10. The van der Waals surface area contributed by atoms with Gasteiger partial charge in [-0.15, -0.1) is 0 Å². The molecule has 0 saturated heterocycles. The van der Waals surface area contributed by atoms with Crippen LogP contribution in [0.25, 0.3) is 0 Å². The summed E-state index contributed by atoms with van der Waals surface area (Å²) in [4.78, 5) is 23.2. The van der Waals surface area contributed by atoms with Crippen LogP contribution in [-0.2, 0) is 4.79 Å². The summed E-state index contributed by atoms with van der Waals surface area (Å²) in [6.45, 7) is 5.09. The van der Waals surface area contributed by atoms with Crippen molar-refractivity contribution in [2.24, 2.45) is 0 Å². The van der Waals surface area contributed by atoms with Gasteiger partial charge in [-0.1, -0.05) is 18.2 Å². The van der Waals surface area contributed by atoms with E-state index in [0.29, 0.717) is 5.56 Å². The molecule has 98 valence electrons. The molecule has 0 aliphatic carbocycles. The van der Waals surface area contributed by atoms with Gasteiger partial charge in [-0.2, -0.15) is 12.6 Å². The molecular weight excluding hydrogens is 250 g/mol. The van der Waals surface area contributed by atoms with Crippen LogP contribution in [0.1, 0.15) is 29.8 Å². The van der Waals surface area contributed by atoms with Crippen molar-refractivity contribution in [1.82, 2.24) is 5.32 Å². The summed E-state index contributed by atoms with van der Waals surface area (Å²) in [5.41, 5.74) is 1.28. The quantitative estimate of drug-likeness (QED) is 0.730. The number of carboxylic acid groups (broad SMARTS) is 1. The Labute approximate surface area is 112 Å². The minimum Gasteiger partial charge on any atom is -0.480 e. The number of rotatable bonds is 4. The van der Waals surface area contributed by atoms with E-state index in [-0.39, 0.29) is 0 Å². The van der Waals surface area contributed by atoms with Crippen molar-refractivity contribution in [1.29, 1.82) is 0 Å². The van der Waals surface area contributed by atoms with Crippen molar-refractivity contribution in [2.45, 2.75) is 31.6 Å². The molecule has 0 radical (unpaired) electrons. The maximum atomic E-state index is 12.0. The molecule has 0 aromatic heterocycles. The predicted molar refractivity (Wildman–Crippen MR) is 73.1 cm³/mol. The summed E-state index contributed by atoms with van der Waals surface area (Å²) in [6.07, 6.45) is 0. The SMILES string of the molecule is Cc1ccccc1C(=O)NC(C(=O)O)C(C)(C)S. The second-order valence-corrected chi connectivity index (χ2v) is 5.87. The van der Waals surface area contributed by atoms with Crippen LogP contribution in [0.5, 0.6) is 0 Å². The number of carbonyl (C=O) groups is 2. The molecule has 2 N–H and O–H groups in total. The van der Waals surface area contributed by atoms with E-state index in [1.807, 2.05) is 6.07 Å². The Hall–Kier alpha value is -1.49. The van der Waals surface area contributed by atoms with Gasteiger partial charge >= 0.3 is 5.97 Å². The first-order valence-electron chi connectivity index (χ1n) is 5.55. The van der Waals surface area contributed by atoms with Gasteiger partial charge in [0.1, 0.15) is 6.04 Å². The fraction of sp³-hybridized carbons (Fsp3) is 0.385. The van der Waals surface area contributed by atoms with Crippen molar-refractivity contribution >= 4 is 24.5 Å². The number of carbonyl (C=O) groups excluding carboxylic acids is 1. The van der Waals surface area contributed by atoms with Gasteiger partial charge < -0.3 is 10.4 Å². The Balaban J connectivity index is 2.93. The molecule has 0 fully saturated rings. The summed E-state index contributed by atoms with van der Waals surface area (Å²) < 4.78 is -0.843. The Bertz CT molecular complexity index is 466. The van der Waals surface area contributed by atoms with Gasteiger partial charge in [0.25, 0.3) is 5.91 Å². The monoisotopic (exact) mass is 267 g/mol. The molecule has 0 spiro atoms. The standard InChI is InChI=1S/C13H17NO3S/c1-8-6-4-5-7-9(8)11(15)14-10(12(16)17)13(2,3)18/h4-7,10,18H,1-3H3,(H,14,15)(H,16,17). The van der Waals surface area contributed by atoms with Gasteiger partial charge in [0.2, 0.25) is 0 Å². The van der Waals surface area contributed by atoms with E-state index in [9.17, 15) is 9.59 Å². The van der Waals surface area contributed by atoms with E-state index in [1.165, 1.54) is 0 Å². The highest BCUT2D eigenvalue weighted by atomic mass is 32.1. The van der Waals surface area contributed by atoms with Crippen LogP contribution in [-0.4, -0.2) is 27.8 Å². The zero-order valence-electron chi connectivity index (χ0n) is 10.6. The fourth-order valence-corrected chi connectivity index (χ4v) is 1.75. The van der Waals surface area contributed by atoms with E-state index in [1.54, 1.807) is 39.0 Å². The Kier molecular flexibility index (Phi) is 4.40. The third-order valence-corrected chi connectivity index (χ3v) is 2.88. The van der Waals surface area contributed by atoms with Gasteiger partial charge in [-0.25, -0.2) is 4.79 Å². The highest BCUT2D eigenvalue weighted by molar-refractivity contribution is 7.81. The lowest BCUT2D eigenvalue weighted by Gasteiger charge is -2.27. The molecule has 1 rings (SSSR count). The molecule has 0 heterocycles. The van der Waals surface area contributed by atoms with Crippen molar-refractivity contribution in [2.75, 3.05) is 0 Å². The van der Waals surface area contributed by atoms with Crippen molar-refractivity contribution < 1.29 is 14.7 Å². The first-order chi connectivity index (χ1) is 8.23. The summed E-state index contributed by atoms with van der Waals surface area (Å²) in [5, 5.41) is 11.6. The highest BCUT2D eigenvalue weighted by Crippen LogP contribution is 2.18. The van der Waals surface area contributed by atoms with Gasteiger partial charge in [0.15, 0.2) is 0 Å². The number of aliphatic carboxylic acids is 1. The highest BCUT2D eigenvalue weighted by Gasteiger charge is 2.33. The number of nitrogens with one attached hydrogen (secondary N) is 1. The largest absolute Gasteiger partial charge is 0.480 e. The molecule has 0 aliphatic rings. The first-order valence-corrected chi connectivity index (χ1v) is 6.00. The number of hydrogen-bond acceptors (Lipinski definition) is 3. The van der Waals surface area contributed by atoms with Gasteiger partial charge in [-0.3, -0.25) is 4.79 Å². The van der Waals surface area contributed by atoms with E-state index in [0.717, 1.165) is 5.56 Å². The molecule has 1 amide bonds. The Morgan fingerprint density at radius 2 is 1.89 bits per heavy atom. The number of thiol groups is 1. The number of aryl methyl sites for hydroxylation is 1. The molecule has 0 aliphatic heterocycles. The molecule has 4 nitrogen and oxygen atoms in total. The zero-order valence-corrected chi connectivity index (χ0v) is 11.5. The van der Waals surface area contributed by atoms with Crippen LogP contribution in [0.2, 0.25) is 0 Å². The van der Waals surface area contributed by atoms with Gasteiger partial charge in [0.05, 0.1) is 0 Å². The second-order valence-electron chi connectivity index (χ2n) is 4.71. The van der Waals surface area contributed by atoms with Crippen molar-refractivity contribution in [3.63, 3.8) is 0 Å². The lowest BCUT2D eigenvalue weighted by atomic mass is 10.0. The lowest BCUT2D eigenvalue weighted by Crippen LogP contribution is -2.51. The predicted octanol–water partition coefficient (Wildman–Crippen LogP) is 1.89. The fourth-order valence-electron chi connectivity index (χ4n) is 1.58. The maximum absolute atomic E-state index is 12.0. The summed E-state index contributed by atoms with van der Waals surface area (Å²) in [6, 6.07) is 5.98. The van der Waals surface area contributed by atoms with Crippen LogP contribution < -0.4 is 5.32 Å². The third-order valence-electron chi connectivity index (χ3n) is 2.62. The topological polar surface area (TPSA) is 66.4 Å². The number of benzene rings is 1. The van der Waals surface area contributed by atoms with Gasteiger partial charge in [0, 0.05) is 10.3 Å². The number of amides is 1. The second kappa shape index (κ2) is 5.44. The molecule has 0 bridgehead atoms. The molecule has 5 heteroatoms. The molecular formula is C13H17NO3S. The molecule has 1 aromatic carbocycles. The van der Waals surface area contributed by atoms with Crippen LogP contribution >= 0.6 is 12.6 Å². The smallest absolute Gasteiger partial charge is 0.327 e. The van der Waals surface area contributed by atoms with Crippen LogP contribution in [0.4, 0.5) is 0 Å². The van der Waals surface area contributed by atoms with E-state index in [2.05, 4.69) is 17.9 Å². The maximum Gasteiger partial charge on any atom is 0.327 e. The zero-order chi connectivity index (χ0) is 13.9. The average molecular weight is 267 g/mol. The van der Waals surface area contributed by atoms with Crippen molar-refractivity contribution in [3.05, 3.63) is 35.4 Å². The van der Waals surface area contributed by atoms with Crippen LogP contribution in [0.15, 0.2) is 24.3 Å². The summed E-state index contributed by atoms with van der Waals surface area (Å²) in [5.74, 6) is -1.50. The van der Waals surface area contributed by atoms with Crippen molar-refractivity contribution in [3.8, 4) is 0 Å². The van der Waals surface area contributed by atoms with Gasteiger partial charge in [-0.05, 0) is 32.4 Å². The number of hydrogen-bond donors (Lipinski definition) is 3. The van der Waals surface area contributed by atoms with Crippen LogP contribution in [0.3, 0.4) is 0 Å². The summed E-state index contributed by atoms with van der Waals surface area (Å²) >= 11 is 4.21. The molecule has 1 atom stereocenters. The third kappa shape index (κ3) is 3.50. The minimum absolute atomic E-state index is 0.400. The first kappa shape index (κ1) is 14.6. The van der Waals surface area contributed by atoms with E-state index in [4.69, 9.17) is 5.11 Å². The van der Waals surface area contributed by atoms with E-state index >= 15 is 0 Å². The normalized spacial score (nSPS) is 12.9. The Morgan fingerprint density at radius 1 is 1.33 bits per heavy atom. The molecule has 1 aromatic rings. The lowest BCUT2D eigenvalue weighted by molar-refractivity contribution is -0.139. The summed E-state index contributed by atoms with van der Waals surface area (Å²) in [7, 11) is 0.